The minimum Gasteiger partial charge on any atom is -0.478 e. The van der Waals surface area contributed by atoms with Crippen LogP contribution in [-0.4, -0.2) is 17.5 Å². The number of hydrogen-bond donors (Lipinski definition) is 2. The molecule has 0 fully saturated rings. The first-order valence-electron chi connectivity index (χ1n) is 4.69. The Balaban J connectivity index is 2.76. The largest absolute Gasteiger partial charge is 0.478 e. The number of benzene rings is 2. The molecule has 0 radical (unpaired) electrons. The molecule has 0 aliphatic rings. The van der Waals surface area contributed by atoms with Crippen molar-refractivity contribution in [3.8, 4) is 0 Å². The van der Waals surface area contributed by atoms with Crippen LogP contribution in [0.3, 0.4) is 0 Å². The summed E-state index contributed by atoms with van der Waals surface area (Å²) in [4.78, 5) is 21.4. The molecule has 0 saturated carbocycles. The van der Waals surface area contributed by atoms with E-state index < -0.39 is 5.97 Å². The number of anilines is 1. The van der Waals surface area contributed by atoms with Gasteiger partial charge in [-0.2, -0.15) is 0 Å². The Morgan fingerprint density at radius 1 is 1.12 bits per heavy atom. The van der Waals surface area contributed by atoms with Crippen LogP contribution in [0.15, 0.2) is 36.4 Å². The third kappa shape index (κ3) is 1.61. The van der Waals surface area contributed by atoms with Gasteiger partial charge in [-0.05, 0) is 17.5 Å². The van der Waals surface area contributed by atoms with Crippen LogP contribution in [0.2, 0.25) is 0 Å². The molecule has 0 aliphatic heterocycles. The van der Waals surface area contributed by atoms with E-state index in [-0.39, 0.29) is 5.56 Å². The Labute approximate surface area is 91.5 Å². The van der Waals surface area contributed by atoms with Crippen molar-refractivity contribution in [3.05, 3.63) is 42.0 Å². The summed E-state index contributed by atoms with van der Waals surface area (Å²) in [6.07, 6.45) is 0.572. The average Bonchev–Trinajstić information content (AvgIpc) is 2.29. The molecule has 1 amide bonds. The van der Waals surface area contributed by atoms with Crippen molar-refractivity contribution in [1.82, 2.24) is 0 Å². The second kappa shape index (κ2) is 4.02. The summed E-state index contributed by atoms with van der Waals surface area (Å²) in [5, 5.41) is 12.9. The van der Waals surface area contributed by atoms with Crippen LogP contribution in [0.1, 0.15) is 10.4 Å². The molecule has 0 bridgehead atoms. The number of carboxylic acids is 1. The molecule has 4 nitrogen and oxygen atoms in total. The Hall–Kier alpha value is -2.36. The van der Waals surface area contributed by atoms with Crippen LogP contribution in [0.25, 0.3) is 10.8 Å². The summed E-state index contributed by atoms with van der Waals surface area (Å²) in [5.74, 6) is -0.978. The van der Waals surface area contributed by atoms with E-state index in [9.17, 15) is 9.59 Å². The predicted molar refractivity (Wildman–Crippen MR) is 60.6 cm³/mol. The number of carbonyl (C=O) groups excluding carboxylic acids is 1. The van der Waals surface area contributed by atoms with E-state index in [1.165, 1.54) is 6.07 Å². The fourth-order valence-corrected chi connectivity index (χ4v) is 1.67. The molecular formula is C12H9NO3. The zero-order valence-electron chi connectivity index (χ0n) is 8.31. The van der Waals surface area contributed by atoms with Crippen molar-refractivity contribution in [3.63, 3.8) is 0 Å². The topological polar surface area (TPSA) is 66.4 Å². The Morgan fingerprint density at radius 2 is 1.81 bits per heavy atom. The normalized spacial score (nSPS) is 10.0. The van der Waals surface area contributed by atoms with Gasteiger partial charge < -0.3 is 10.4 Å². The first-order valence-corrected chi connectivity index (χ1v) is 4.69. The Morgan fingerprint density at radius 3 is 2.44 bits per heavy atom. The third-order valence-electron chi connectivity index (χ3n) is 2.37. The molecule has 16 heavy (non-hydrogen) atoms. The first-order chi connectivity index (χ1) is 7.74. The molecule has 2 N–H and O–H groups in total. The molecule has 0 saturated heterocycles. The van der Waals surface area contributed by atoms with Gasteiger partial charge in [0, 0.05) is 11.1 Å². The molecule has 0 aromatic heterocycles. The van der Waals surface area contributed by atoms with E-state index in [2.05, 4.69) is 5.32 Å². The lowest BCUT2D eigenvalue weighted by molar-refractivity contribution is -0.105. The molecule has 0 atom stereocenters. The molecule has 0 aliphatic carbocycles. The van der Waals surface area contributed by atoms with Gasteiger partial charge >= 0.3 is 5.97 Å². The summed E-state index contributed by atoms with van der Waals surface area (Å²) in [6, 6.07) is 10.1. The maximum atomic E-state index is 11.0. The monoisotopic (exact) mass is 215 g/mol. The van der Waals surface area contributed by atoms with E-state index in [0.717, 1.165) is 5.39 Å². The molecule has 80 valence electrons. The van der Waals surface area contributed by atoms with E-state index in [4.69, 9.17) is 5.11 Å². The van der Waals surface area contributed by atoms with Crippen LogP contribution in [0.5, 0.6) is 0 Å². The summed E-state index contributed by atoms with van der Waals surface area (Å²) < 4.78 is 0. The Bertz CT molecular complexity index is 563. The van der Waals surface area contributed by atoms with Crippen LogP contribution in [0, 0.1) is 0 Å². The van der Waals surface area contributed by atoms with Crippen molar-refractivity contribution in [1.29, 1.82) is 0 Å². The zero-order valence-corrected chi connectivity index (χ0v) is 8.31. The highest BCUT2D eigenvalue weighted by Crippen LogP contribution is 2.26. The zero-order chi connectivity index (χ0) is 11.5. The smallest absolute Gasteiger partial charge is 0.336 e. The summed E-state index contributed by atoms with van der Waals surface area (Å²) >= 11 is 0. The molecule has 2 rings (SSSR count). The van der Waals surface area contributed by atoms with Gasteiger partial charge in [0.2, 0.25) is 6.41 Å². The van der Waals surface area contributed by atoms with Crippen molar-refractivity contribution in [2.75, 3.05) is 5.32 Å². The van der Waals surface area contributed by atoms with Crippen LogP contribution in [0.4, 0.5) is 5.69 Å². The van der Waals surface area contributed by atoms with Crippen molar-refractivity contribution in [2.24, 2.45) is 0 Å². The number of aromatic carboxylic acids is 1. The van der Waals surface area contributed by atoms with Gasteiger partial charge in [0.05, 0.1) is 5.56 Å². The number of hydrogen-bond acceptors (Lipinski definition) is 2. The fraction of sp³-hybridized carbons (Fsp3) is 0. The highest BCUT2D eigenvalue weighted by Gasteiger charge is 2.10. The summed E-state index contributed by atoms with van der Waals surface area (Å²) in [6.45, 7) is 0. The van der Waals surface area contributed by atoms with Crippen molar-refractivity contribution < 1.29 is 14.7 Å². The van der Waals surface area contributed by atoms with Crippen molar-refractivity contribution in [2.45, 2.75) is 0 Å². The number of fused-ring (bicyclic) bond motifs is 1. The molecular weight excluding hydrogens is 206 g/mol. The highest BCUT2D eigenvalue weighted by molar-refractivity contribution is 6.08. The van der Waals surface area contributed by atoms with Gasteiger partial charge in [-0.15, -0.1) is 0 Å². The van der Waals surface area contributed by atoms with Gasteiger partial charge in [-0.1, -0.05) is 24.3 Å². The molecule has 0 heterocycles. The van der Waals surface area contributed by atoms with Crippen LogP contribution in [-0.2, 0) is 4.79 Å². The van der Waals surface area contributed by atoms with Crippen molar-refractivity contribution >= 4 is 28.8 Å². The predicted octanol–water partition coefficient (Wildman–Crippen LogP) is 2.11. The van der Waals surface area contributed by atoms with Gasteiger partial charge in [-0.25, -0.2) is 4.79 Å². The Kier molecular flexibility index (Phi) is 2.55. The summed E-state index contributed by atoms with van der Waals surface area (Å²) in [7, 11) is 0. The molecule has 0 spiro atoms. The lowest BCUT2D eigenvalue weighted by Crippen LogP contribution is -2.00. The van der Waals surface area contributed by atoms with E-state index in [1.54, 1.807) is 30.3 Å². The van der Waals surface area contributed by atoms with Gasteiger partial charge in [-0.3, -0.25) is 4.79 Å². The third-order valence-corrected chi connectivity index (χ3v) is 2.37. The molecule has 2 aromatic carbocycles. The number of carboxylic acid groups (broad SMARTS) is 1. The molecule has 4 heteroatoms. The van der Waals surface area contributed by atoms with Crippen LogP contribution >= 0.6 is 0 Å². The first kappa shape index (κ1) is 10.2. The van der Waals surface area contributed by atoms with E-state index >= 15 is 0 Å². The lowest BCUT2D eigenvalue weighted by Gasteiger charge is -2.07. The number of carbonyl (C=O) groups is 2. The SMILES string of the molecule is O=CNc1ccc(C(=O)O)c2ccccc12. The average molecular weight is 215 g/mol. The second-order valence-electron chi connectivity index (χ2n) is 3.27. The number of amides is 1. The van der Waals surface area contributed by atoms with Gasteiger partial charge in [0.1, 0.15) is 0 Å². The minimum absolute atomic E-state index is 0.229. The fourth-order valence-electron chi connectivity index (χ4n) is 1.67. The maximum Gasteiger partial charge on any atom is 0.336 e. The second-order valence-corrected chi connectivity index (χ2v) is 3.27. The highest BCUT2D eigenvalue weighted by atomic mass is 16.4. The van der Waals surface area contributed by atoms with Crippen LogP contribution < -0.4 is 5.32 Å². The number of nitrogens with one attached hydrogen (secondary N) is 1. The minimum atomic E-state index is -0.978. The standard InChI is InChI=1S/C12H9NO3/c14-7-13-11-6-5-10(12(15)16)8-3-1-2-4-9(8)11/h1-7H,(H,13,14)(H,15,16). The lowest BCUT2D eigenvalue weighted by atomic mass is 10.0. The molecule has 0 unspecified atom stereocenters. The number of rotatable bonds is 3. The molecule has 2 aromatic rings. The van der Waals surface area contributed by atoms with E-state index in [0.29, 0.717) is 17.5 Å². The van der Waals surface area contributed by atoms with Gasteiger partial charge in [0.25, 0.3) is 0 Å². The quantitative estimate of drug-likeness (QED) is 0.770. The van der Waals surface area contributed by atoms with Gasteiger partial charge in [0.15, 0.2) is 0 Å². The maximum absolute atomic E-state index is 11.0. The van der Waals surface area contributed by atoms with E-state index in [1.807, 2.05) is 0 Å². The summed E-state index contributed by atoms with van der Waals surface area (Å²) in [5.41, 5.74) is 0.836.